The number of sulfonamides is 1. The first-order valence-electron chi connectivity index (χ1n) is 5.57. The molecule has 0 saturated carbocycles. The topological polar surface area (TPSA) is 94.9 Å². The summed E-state index contributed by atoms with van der Waals surface area (Å²) in [4.78, 5) is 4.03. The molecule has 0 aliphatic heterocycles. The van der Waals surface area contributed by atoms with Crippen molar-refractivity contribution in [2.24, 2.45) is 0 Å². The number of nitriles is 1. The SMILES string of the molecule is CCNS(=O)(=O)CCNc1nccc(C)c1C#N. The first-order valence-corrected chi connectivity index (χ1v) is 7.22. The van der Waals surface area contributed by atoms with Crippen molar-refractivity contribution < 1.29 is 8.42 Å². The zero-order chi connectivity index (χ0) is 13.6. The molecule has 6 nitrogen and oxygen atoms in total. The van der Waals surface area contributed by atoms with Crippen molar-refractivity contribution in [3.05, 3.63) is 23.4 Å². The summed E-state index contributed by atoms with van der Waals surface area (Å²) < 4.78 is 25.2. The van der Waals surface area contributed by atoms with Crippen LogP contribution in [0.5, 0.6) is 0 Å². The molecule has 0 amide bonds. The minimum Gasteiger partial charge on any atom is -0.368 e. The molecule has 98 valence electrons. The van der Waals surface area contributed by atoms with Crippen LogP contribution in [0.4, 0.5) is 5.82 Å². The standard InChI is InChI=1S/C11H16N4O2S/c1-3-15-18(16,17)7-6-14-11-10(8-12)9(2)4-5-13-11/h4-5,15H,3,6-7H2,1-2H3,(H,13,14). The average Bonchev–Trinajstić information content (AvgIpc) is 2.29. The molecule has 1 aromatic rings. The Morgan fingerprint density at radius 2 is 2.22 bits per heavy atom. The van der Waals surface area contributed by atoms with Gasteiger partial charge in [0.2, 0.25) is 10.0 Å². The third-order valence-corrected chi connectivity index (χ3v) is 3.77. The molecule has 2 N–H and O–H groups in total. The molecule has 18 heavy (non-hydrogen) atoms. The predicted octanol–water partition coefficient (Wildman–Crippen LogP) is 0.613. The van der Waals surface area contributed by atoms with Gasteiger partial charge in [0.25, 0.3) is 0 Å². The Balaban J connectivity index is 2.66. The van der Waals surface area contributed by atoms with Crippen LogP contribution in [-0.4, -0.2) is 32.2 Å². The molecule has 0 bridgehead atoms. The van der Waals surface area contributed by atoms with Crippen LogP contribution in [0.25, 0.3) is 0 Å². The fraction of sp³-hybridized carbons (Fsp3) is 0.455. The number of aromatic nitrogens is 1. The molecule has 0 fully saturated rings. The molecule has 7 heteroatoms. The molecular formula is C11H16N4O2S. The van der Waals surface area contributed by atoms with Crippen LogP contribution in [0.1, 0.15) is 18.1 Å². The first-order chi connectivity index (χ1) is 8.50. The highest BCUT2D eigenvalue weighted by molar-refractivity contribution is 7.89. The third kappa shape index (κ3) is 3.98. The van der Waals surface area contributed by atoms with Crippen molar-refractivity contribution in [1.82, 2.24) is 9.71 Å². The van der Waals surface area contributed by atoms with Crippen molar-refractivity contribution in [3.8, 4) is 6.07 Å². The highest BCUT2D eigenvalue weighted by Crippen LogP contribution is 2.14. The molecule has 0 aromatic carbocycles. The van der Waals surface area contributed by atoms with Crippen molar-refractivity contribution in [3.63, 3.8) is 0 Å². The monoisotopic (exact) mass is 268 g/mol. The Morgan fingerprint density at radius 3 is 2.83 bits per heavy atom. The molecule has 0 aliphatic carbocycles. The predicted molar refractivity (Wildman–Crippen MR) is 69.6 cm³/mol. The van der Waals surface area contributed by atoms with Gasteiger partial charge in [0.15, 0.2) is 0 Å². The minimum atomic E-state index is -3.25. The van der Waals surface area contributed by atoms with Crippen molar-refractivity contribution in [2.45, 2.75) is 13.8 Å². The lowest BCUT2D eigenvalue weighted by atomic mass is 10.1. The Hall–Kier alpha value is -1.65. The van der Waals surface area contributed by atoms with Gasteiger partial charge in [-0.15, -0.1) is 0 Å². The summed E-state index contributed by atoms with van der Waals surface area (Å²) in [5.41, 5.74) is 1.25. The molecular weight excluding hydrogens is 252 g/mol. The van der Waals surface area contributed by atoms with E-state index in [0.29, 0.717) is 17.9 Å². The number of nitrogens with one attached hydrogen (secondary N) is 2. The van der Waals surface area contributed by atoms with E-state index in [1.807, 2.05) is 6.07 Å². The highest BCUT2D eigenvalue weighted by Gasteiger charge is 2.10. The number of hydrogen-bond donors (Lipinski definition) is 2. The second-order valence-electron chi connectivity index (χ2n) is 3.71. The average molecular weight is 268 g/mol. The maximum Gasteiger partial charge on any atom is 0.213 e. The van der Waals surface area contributed by atoms with Gasteiger partial charge in [0, 0.05) is 19.3 Å². The molecule has 1 heterocycles. The van der Waals surface area contributed by atoms with Crippen LogP contribution in [0.15, 0.2) is 12.3 Å². The smallest absolute Gasteiger partial charge is 0.213 e. The fourth-order valence-corrected chi connectivity index (χ4v) is 2.38. The van der Waals surface area contributed by atoms with Crippen LogP contribution in [0, 0.1) is 18.3 Å². The van der Waals surface area contributed by atoms with E-state index >= 15 is 0 Å². The Bertz CT molecular complexity index is 549. The minimum absolute atomic E-state index is 0.0542. The highest BCUT2D eigenvalue weighted by atomic mass is 32.2. The van der Waals surface area contributed by atoms with E-state index in [1.165, 1.54) is 0 Å². The number of nitrogens with zero attached hydrogens (tertiary/aromatic N) is 2. The van der Waals surface area contributed by atoms with Gasteiger partial charge in [-0.3, -0.25) is 0 Å². The van der Waals surface area contributed by atoms with E-state index in [2.05, 4.69) is 15.0 Å². The number of pyridine rings is 1. The Morgan fingerprint density at radius 1 is 1.50 bits per heavy atom. The van der Waals surface area contributed by atoms with Crippen LogP contribution < -0.4 is 10.0 Å². The maximum atomic E-state index is 11.4. The summed E-state index contributed by atoms with van der Waals surface area (Å²) in [7, 11) is -3.25. The fourth-order valence-electron chi connectivity index (χ4n) is 1.43. The van der Waals surface area contributed by atoms with Crippen molar-refractivity contribution >= 4 is 15.8 Å². The van der Waals surface area contributed by atoms with Gasteiger partial charge in [0.1, 0.15) is 11.9 Å². The quantitative estimate of drug-likeness (QED) is 0.788. The van der Waals surface area contributed by atoms with Gasteiger partial charge < -0.3 is 5.32 Å². The maximum absolute atomic E-state index is 11.4. The van der Waals surface area contributed by atoms with E-state index in [0.717, 1.165) is 5.56 Å². The number of hydrogen-bond acceptors (Lipinski definition) is 5. The van der Waals surface area contributed by atoms with Gasteiger partial charge in [-0.25, -0.2) is 18.1 Å². The Kier molecular flexibility index (Phi) is 5.07. The number of rotatable bonds is 6. The van der Waals surface area contributed by atoms with E-state index in [4.69, 9.17) is 5.26 Å². The summed E-state index contributed by atoms with van der Waals surface area (Å²) in [6.45, 7) is 4.11. The number of anilines is 1. The van der Waals surface area contributed by atoms with Gasteiger partial charge in [-0.05, 0) is 18.6 Å². The van der Waals surface area contributed by atoms with E-state index < -0.39 is 10.0 Å². The van der Waals surface area contributed by atoms with Crippen LogP contribution in [0.2, 0.25) is 0 Å². The number of aryl methyl sites for hydroxylation is 1. The van der Waals surface area contributed by atoms with Crippen LogP contribution in [0.3, 0.4) is 0 Å². The molecule has 0 aliphatic rings. The van der Waals surface area contributed by atoms with E-state index in [9.17, 15) is 8.42 Å². The summed E-state index contributed by atoms with van der Waals surface area (Å²) in [6.07, 6.45) is 1.58. The summed E-state index contributed by atoms with van der Waals surface area (Å²) in [5.74, 6) is 0.366. The van der Waals surface area contributed by atoms with Gasteiger partial charge in [-0.2, -0.15) is 5.26 Å². The molecule has 0 spiro atoms. The van der Waals surface area contributed by atoms with Gasteiger partial charge >= 0.3 is 0 Å². The van der Waals surface area contributed by atoms with Gasteiger partial charge in [-0.1, -0.05) is 6.92 Å². The lowest BCUT2D eigenvalue weighted by Gasteiger charge is -2.09. The Labute approximate surface area is 107 Å². The van der Waals surface area contributed by atoms with Crippen LogP contribution >= 0.6 is 0 Å². The zero-order valence-corrected chi connectivity index (χ0v) is 11.2. The lowest BCUT2D eigenvalue weighted by molar-refractivity contribution is 0.584. The first kappa shape index (κ1) is 14.4. The largest absolute Gasteiger partial charge is 0.368 e. The van der Waals surface area contributed by atoms with Crippen molar-refractivity contribution in [1.29, 1.82) is 5.26 Å². The molecule has 0 unspecified atom stereocenters. The van der Waals surface area contributed by atoms with Crippen molar-refractivity contribution in [2.75, 3.05) is 24.2 Å². The summed E-state index contributed by atoms with van der Waals surface area (Å²) in [5, 5.41) is 11.8. The molecule has 0 saturated heterocycles. The zero-order valence-electron chi connectivity index (χ0n) is 10.4. The van der Waals surface area contributed by atoms with E-state index in [1.54, 1.807) is 26.1 Å². The molecule has 0 atom stereocenters. The van der Waals surface area contributed by atoms with Gasteiger partial charge in [0.05, 0.1) is 11.3 Å². The summed E-state index contributed by atoms with van der Waals surface area (Å²) in [6, 6.07) is 3.78. The summed E-state index contributed by atoms with van der Waals surface area (Å²) >= 11 is 0. The molecule has 0 radical (unpaired) electrons. The molecule has 1 rings (SSSR count). The second kappa shape index (κ2) is 6.33. The normalized spacial score (nSPS) is 10.9. The van der Waals surface area contributed by atoms with E-state index in [-0.39, 0.29) is 12.3 Å². The molecule has 1 aromatic heterocycles. The second-order valence-corrected chi connectivity index (χ2v) is 5.63. The third-order valence-electron chi connectivity index (χ3n) is 2.30. The lowest BCUT2D eigenvalue weighted by Crippen LogP contribution is -2.29. The van der Waals surface area contributed by atoms with Crippen LogP contribution in [-0.2, 0) is 10.0 Å².